The number of nitrogens with one attached hydrogen (secondary N) is 1. The molecule has 0 spiro atoms. The lowest BCUT2D eigenvalue weighted by Gasteiger charge is -2.06. The second-order valence-corrected chi connectivity index (χ2v) is 7.05. The number of para-hydroxylation sites is 1. The van der Waals surface area contributed by atoms with E-state index in [1.54, 1.807) is 17.1 Å². The highest BCUT2D eigenvalue weighted by Gasteiger charge is 2.16. The van der Waals surface area contributed by atoms with Gasteiger partial charge in [0.2, 0.25) is 10.0 Å². The lowest BCUT2D eigenvalue weighted by molar-refractivity contribution is 0.0696. The Morgan fingerprint density at radius 1 is 1.12 bits per heavy atom. The molecular formula is C17H15N3O4S. The summed E-state index contributed by atoms with van der Waals surface area (Å²) in [6.07, 6.45) is 3.30. The number of aromatic carboxylic acids is 1. The third-order valence-corrected chi connectivity index (χ3v) is 4.91. The lowest BCUT2D eigenvalue weighted by Crippen LogP contribution is -2.23. The van der Waals surface area contributed by atoms with Gasteiger partial charge in [-0.15, -0.1) is 0 Å². The molecule has 1 heterocycles. The molecule has 128 valence electrons. The number of rotatable bonds is 6. The van der Waals surface area contributed by atoms with Crippen LogP contribution in [0.2, 0.25) is 0 Å². The van der Waals surface area contributed by atoms with Gasteiger partial charge in [-0.1, -0.05) is 24.3 Å². The summed E-state index contributed by atoms with van der Waals surface area (Å²) in [4.78, 5) is 10.9. The molecular weight excluding hydrogens is 342 g/mol. The molecule has 0 amide bonds. The molecule has 0 unspecified atom stereocenters. The van der Waals surface area contributed by atoms with Crippen LogP contribution in [0.25, 0.3) is 5.69 Å². The Kier molecular flexibility index (Phi) is 4.64. The Hall–Kier alpha value is -2.97. The van der Waals surface area contributed by atoms with E-state index in [0.717, 1.165) is 11.8 Å². The maximum atomic E-state index is 12.3. The molecule has 3 rings (SSSR count). The van der Waals surface area contributed by atoms with Crippen LogP contribution in [0.4, 0.5) is 0 Å². The maximum Gasteiger partial charge on any atom is 0.335 e. The third-order valence-electron chi connectivity index (χ3n) is 3.51. The van der Waals surface area contributed by atoms with Gasteiger partial charge in [-0.2, -0.15) is 5.10 Å². The molecule has 0 aliphatic carbocycles. The summed E-state index contributed by atoms with van der Waals surface area (Å²) in [5, 5.41) is 13.2. The van der Waals surface area contributed by atoms with Crippen LogP contribution >= 0.6 is 0 Å². The number of carbonyl (C=O) groups is 1. The van der Waals surface area contributed by atoms with Crippen LogP contribution in [0.5, 0.6) is 0 Å². The molecule has 0 aliphatic rings. The quantitative estimate of drug-likeness (QED) is 0.703. The first-order valence-electron chi connectivity index (χ1n) is 7.38. The van der Waals surface area contributed by atoms with Gasteiger partial charge in [0, 0.05) is 18.3 Å². The smallest absolute Gasteiger partial charge is 0.335 e. The van der Waals surface area contributed by atoms with E-state index in [1.165, 1.54) is 18.2 Å². The Bertz CT molecular complexity index is 997. The fourth-order valence-corrected chi connectivity index (χ4v) is 3.29. The summed E-state index contributed by atoms with van der Waals surface area (Å²) in [5.74, 6) is -1.18. The van der Waals surface area contributed by atoms with Crippen LogP contribution < -0.4 is 4.72 Å². The summed E-state index contributed by atoms with van der Waals surface area (Å²) in [5.41, 5.74) is 1.47. The predicted octanol–water partition coefficient (Wildman–Crippen LogP) is 2.05. The van der Waals surface area contributed by atoms with Gasteiger partial charge in [0.15, 0.2) is 0 Å². The first-order chi connectivity index (χ1) is 12.0. The largest absolute Gasteiger partial charge is 0.478 e. The van der Waals surface area contributed by atoms with Crippen molar-refractivity contribution >= 4 is 16.0 Å². The number of benzene rings is 2. The van der Waals surface area contributed by atoms with Crippen LogP contribution in [0, 0.1) is 0 Å². The highest BCUT2D eigenvalue weighted by molar-refractivity contribution is 7.89. The standard InChI is InChI=1S/C17H15N3O4S/c21-17(22)14-5-4-8-16(9-14)25(23,24)19-11-13-10-18-20(12-13)15-6-2-1-3-7-15/h1-10,12,19H,11H2,(H,21,22). The fourth-order valence-electron chi connectivity index (χ4n) is 2.23. The maximum absolute atomic E-state index is 12.3. The summed E-state index contributed by atoms with van der Waals surface area (Å²) >= 11 is 0. The highest BCUT2D eigenvalue weighted by Crippen LogP contribution is 2.13. The Morgan fingerprint density at radius 2 is 1.88 bits per heavy atom. The fraction of sp³-hybridized carbons (Fsp3) is 0.0588. The third kappa shape index (κ3) is 3.93. The SMILES string of the molecule is O=C(O)c1cccc(S(=O)(=O)NCc2cnn(-c3ccccc3)c2)c1. The van der Waals surface area contributed by atoms with Crippen molar-refractivity contribution in [3.8, 4) is 5.69 Å². The molecule has 0 bridgehead atoms. The van der Waals surface area contributed by atoms with Gasteiger partial charge in [0.05, 0.1) is 22.3 Å². The number of hydrogen-bond donors (Lipinski definition) is 2. The Balaban J connectivity index is 1.74. The molecule has 1 aromatic heterocycles. The number of carboxylic acid groups (broad SMARTS) is 1. The van der Waals surface area contributed by atoms with Gasteiger partial charge >= 0.3 is 5.97 Å². The summed E-state index contributed by atoms with van der Waals surface area (Å²) < 4.78 is 28.7. The molecule has 2 aromatic carbocycles. The zero-order chi connectivity index (χ0) is 17.9. The van der Waals surface area contributed by atoms with Crippen molar-refractivity contribution in [1.29, 1.82) is 0 Å². The highest BCUT2D eigenvalue weighted by atomic mass is 32.2. The van der Waals surface area contributed by atoms with E-state index >= 15 is 0 Å². The topological polar surface area (TPSA) is 101 Å². The van der Waals surface area contributed by atoms with Gasteiger partial charge in [0.1, 0.15) is 0 Å². The van der Waals surface area contributed by atoms with Crippen LogP contribution in [0.3, 0.4) is 0 Å². The zero-order valence-electron chi connectivity index (χ0n) is 13.0. The molecule has 0 atom stereocenters. The van der Waals surface area contributed by atoms with Gasteiger partial charge in [0.25, 0.3) is 0 Å². The predicted molar refractivity (Wildman–Crippen MR) is 91.0 cm³/mol. The first-order valence-corrected chi connectivity index (χ1v) is 8.86. The molecule has 0 saturated heterocycles. The van der Waals surface area contributed by atoms with Crippen LogP contribution in [-0.2, 0) is 16.6 Å². The van der Waals surface area contributed by atoms with Crippen molar-refractivity contribution in [2.24, 2.45) is 0 Å². The van der Waals surface area contributed by atoms with E-state index in [2.05, 4.69) is 9.82 Å². The van der Waals surface area contributed by atoms with Crippen molar-refractivity contribution in [1.82, 2.24) is 14.5 Å². The molecule has 0 radical (unpaired) electrons. The van der Waals surface area contributed by atoms with E-state index in [-0.39, 0.29) is 17.0 Å². The van der Waals surface area contributed by atoms with Gasteiger partial charge in [-0.05, 0) is 30.3 Å². The minimum absolute atomic E-state index is 0.0481. The number of sulfonamides is 1. The van der Waals surface area contributed by atoms with Crippen LogP contribution in [-0.4, -0.2) is 29.3 Å². The van der Waals surface area contributed by atoms with Gasteiger partial charge < -0.3 is 5.11 Å². The normalized spacial score (nSPS) is 11.4. The van der Waals surface area contributed by atoms with Crippen LogP contribution in [0.15, 0.2) is 71.9 Å². The molecule has 0 aliphatic heterocycles. The number of hydrogen-bond acceptors (Lipinski definition) is 4. The Labute approximate surface area is 144 Å². The van der Waals surface area contributed by atoms with Crippen molar-refractivity contribution < 1.29 is 18.3 Å². The Morgan fingerprint density at radius 3 is 2.60 bits per heavy atom. The van der Waals surface area contributed by atoms with Gasteiger partial charge in [-0.25, -0.2) is 22.6 Å². The first kappa shape index (κ1) is 16.9. The zero-order valence-corrected chi connectivity index (χ0v) is 13.8. The van der Waals surface area contributed by atoms with E-state index in [1.807, 2.05) is 30.3 Å². The van der Waals surface area contributed by atoms with Crippen molar-refractivity contribution in [2.75, 3.05) is 0 Å². The monoisotopic (exact) mass is 357 g/mol. The van der Waals surface area contributed by atoms with Crippen molar-refractivity contribution in [3.05, 3.63) is 78.1 Å². The molecule has 0 saturated carbocycles. The minimum Gasteiger partial charge on any atom is -0.478 e. The summed E-state index contributed by atoms with van der Waals surface area (Å²) in [7, 11) is -3.82. The molecule has 0 fully saturated rings. The van der Waals surface area contributed by atoms with Crippen molar-refractivity contribution in [2.45, 2.75) is 11.4 Å². The molecule has 2 N–H and O–H groups in total. The minimum atomic E-state index is -3.82. The second kappa shape index (κ2) is 6.88. The lowest BCUT2D eigenvalue weighted by atomic mass is 10.2. The van der Waals surface area contributed by atoms with E-state index in [0.29, 0.717) is 5.56 Å². The van der Waals surface area contributed by atoms with E-state index < -0.39 is 16.0 Å². The number of nitrogens with zero attached hydrogens (tertiary/aromatic N) is 2. The number of aromatic nitrogens is 2. The van der Waals surface area contributed by atoms with E-state index in [4.69, 9.17) is 5.11 Å². The van der Waals surface area contributed by atoms with E-state index in [9.17, 15) is 13.2 Å². The molecule has 7 nitrogen and oxygen atoms in total. The molecule has 3 aromatic rings. The van der Waals surface area contributed by atoms with Crippen LogP contribution in [0.1, 0.15) is 15.9 Å². The molecule has 25 heavy (non-hydrogen) atoms. The molecule has 8 heteroatoms. The average Bonchev–Trinajstić information content (AvgIpc) is 3.10. The average molecular weight is 357 g/mol. The number of carboxylic acids is 1. The van der Waals surface area contributed by atoms with Gasteiger partial charge in [-0.3, -0.25) is 0 Å². The summed E-state index contributed by atoms with van der Waals surface area (Å²) in [6, 6.07) is 14.6. The summed E-state index contributed by atoms with van der Waals surface area (Å²) in [6.45, 7) is 0.0481. The van der Waals surface area contributed by atoms with Crippen molar-refractivity contribution in [3.63, 3.8) is 0 Å². The second-order valence-electron chi connectivity index (χ2n) is 5.29.